The van der Waals surface area contributed by atoms with Crippen molar-refractivity contribution >= 4 is 23.9 Å². The van der Waals surface area contributed by atoms with E-state index >= 15 is 0 Å². The molecule has 26 heavy (non-hydrogen) atoms. The van der Waals surface area contributed by atoms with Crippen LogP contribution >= 0.6 is 0 Å². The van der Waals surface area contributed by atoms with Gasteiger partial charge in [-0.2, -0.15) is 0 Å². The third-order valence-corrected chi connectivity index (χ3v) is 2.44. The van der Waals surface area contributed by atoms with Crippen LogP contribution < -0.4 is 11.5 Å². The van der Waals surface area contributed by atoms with Gasteiger partial charge in [0.05, 0.1) is 0 Å². The Hall–Kier alpha value is -2.36. The number of carboxylic acid groups (broad SMARTS) is 4. The van der Waals surface area contributed by atoms with Gasteiger partial charge in [0.15, 0.2) is 24.4 Å². The molecule has 154 valence electrons. The van der Waals surface area contributed by atoms with Crippen LogP contribution in [-0.2, 0) is 19.2 Å². The van der Waals surface area contributed by atoms with Gasteiger partial charge in [0.2, 0.25) is 0 Å². The lowest BCUT2D eigenvalue weighted by Gasteiger charge is -2.07. The predicted molar refractivity (Wildman–Crippen MR) is 81.9 cm³/mol. The highest BCUT2D eigenvalue weighted by Gasteiger charge is 2.30. The number of nitrogens with two attached hydrogens (primary N) is 2. The van der Waals surface area contributed by atoms with Crippen LogP contribution in [0.25, 0.3) is 0 Å². The molecule has 0 amide bonds. The summed E-state index contributed by atoms with van der Waals surface area (Å²) in [5.41, 5.74) is 10.6. The average molecular weight is 388 g/mol. The zero-order valence-corrected chi connectivity index (χ0v) is 13.8. The van der Waals surface area contributed by atoms with Crippen molar-refractivity contribution in [2.75, 3.05) is 0 Å². The molecule has 14 heteroatoms. The van der Waals surface area contributed by atoms with E-state index in [0.717, 1.165) is 0 Å². The number of aliphatic hydroxyl groups excluding tert-OH is 4. The number of carboxylic acids is 4. The second-order valence-corrected chi connectivity index (χ2v) is 4.85. The number of hydrogen-bond donors (Lipinski definition) is 10. The van der Waals surface area contributed by atoms with Gasteiger partial charge < -0.3 is 52.3 Å². The van der Waals surface area contributed by atoms with Crippen LogP contribution in [0.4, 0.5) is 0 Å². The number of aliphatic carboxylic acids is 4. The average Bonchev–Trinajstić information content (AvgIpc) is 2.52. The molecule has 0 aromatic heterocycles. The van der Waals surface area contributed by atoms with Crippen molar-refractivity contribution in [2.45, 2.75) is 50.3 Å². The Morgan fingerprint density at radius 1 is 0.538 bits per heavy atom. The van der Waals surface area contributed by atoms with Gasteiger partial charge in [0.1, 0.15) is 0 Å². The van der Waals surface area contributed by atoms with Crippen LogP contribution in [0.3, 0.4) is 0 Å². The molecule has 0 heterocycles. The summed E-state index contributed by atoms with van der Waals surface area (Å²) in [6.07, 6.45) is -9.06. The van der Waals surface area contributed by atoms with Gasteiger partial charge in [-0.15, -0.1) is 0 Å². The van der Waals surface area contributed by atoms with Crippen molar-refractivity contribution in [3.05, 3.63) is 0 Å². The van der Waals surface area contributed by atoms with E-state index in [0.29, 0.717) is 0 Å². The largest absolute Gasteiger partial charge is 0.479 e. The van der Waals surface area contributed by atoms with E-state index in [1.54, 1.807) is 0 Å². The van der Waals surface area contributed by atoms with Crippen molar-refractivity contribution in [2.24, 2.45) is 11.5 Å². The van der Waals surface area contributed by atoms with Crippen molar-refractivity contribution in [3.8, 4) is 0 Å². The van der Waals surface area contributed by atoms with Crippen LogP contribution in [0.1, 0.15) is 13.8 Å². The molecule has 6 atom stereocenters. The van der Waals surface area contributed by atoms with Gasteiger partial charge >= 0.3 is 23.9 Å². The topological polar surface area (TPSA) is 282 Å². The van der Waals surface area contributed by atoms with Crippen LogP contribution in [-0.4, -0.2) is 101 Å². The molecule has 14 nitrogen and oxygen atoms in total. The molecular formula is C12H24N2O12. The second-order valence-electron chi connectivity index (χ2n) is 4.85. The molecule has 6 unspecified atom stereocenters. The highest BCUT2D eigenvalue weighted by molar-refractivity contribution is 5.83. The van der Waals surface area contributed by atoms with Gasteiger partial charge in [-0.3, -0.25) is 0 Å². The highest BCUT2D eigenvalue weighted by atomic mass is 16.4. The summed E-state index contributed by atoms with van der Waals surface area (Å²) in [5.74, 6) is -7.07. The smallest absolute Gasteiger partial charge is 0.335 e. The molecule has 0 aliphatic carbocycles. The van der Waals surface area contributed by atoms with Gasteiger partial charge in [-0.1, -0.05) is 0 Å². The monoisotopic (exact) mass is 388 g/mol. The minimum atomic E-state index is -2.27. The van der Waals surface area contributed by atoms with E-state index in [1.807, 2.05) is 13.8 Å². The van der Waals surface area contributed by atoms with E-state index in [-0.39, 0.29) is 12.1 Å². The van der Waals surface area contributed by atoms with Crippen LogP contribution in [0.2, 0.25) is 0 Å². The maximum atomic E-state index is 9.77. The van der Waals surface area contributed by atoms with Gasteiger partial charge in [-0.25, -0.2) is 19.2 Å². The first-order valence-corrected chi connectivity index (χ1v) is 6.72. The lowest BCUT2D eigenvalue weighted by Crippen LogP contribution is -2.39. The van der Waals surface area contributed by atoms with Gasteiger partial charge in [-0.05, 0) is 13.8 Å². The molecule has 0 rings (SSSR count). The number of aliphatic hydroxyl groups is 4. The third-order valence-electron chi connectivity index (χ3n) is 2.44. The fourth-order valence-corrected chi connectivity index (χ4v) is 0.540. The molecule has 0 saturated heterocycles. The van der Waals surface area contributed by atoms with E-state index < -0.39 is 48.3 Å². The minimum Gasteiger partial charge on any atom is -0.479 e. The van der Waals surface area contributed by atoms with Crippen molar-refractivity contribution in [1.29, 1.82) is 0 Å². The maximum Gasteiger partial charge on any atom is 0.335 e. The molecule has 0 aliphatic heterocycles. The molecule has 0 fully saturated rings. The Morgan fingerprint density at radius 2 is 0.654 bits per heavy atom. The number of rotatable bonds is 7. The molecule has 0 aliphatic rings. The number of carbonyl (C=O) groups is 4. The van der Waals surface area contributed by atoms with E-state index in [9.17, 15) is 19.2 Å². The quantitative estimate of drug-likeness (QED) is 0.196. The van der Waals surface area contributed by atoms with Crippen molar-refractivity contribution in [3.63, 3.8) is 0 Å². The van der Waals surface area contributed by atoms with Crippen LogP contribution in [0.5, 0.6) is 0 Å². The molecule has 0 spiro atoms. The summed E-state index contributed by atoms with van der Waals surface area (Å²) in [6.45, 7) is 3.79. The normalized spacial score (nSPS) is 16.8. The predicted octanol–water partition coefficient (Wildman–Crippen LogP) is -4.56. The molecule has 0 radical (unpaired) electrons. The minimum absolute atomic E-state index is 0.130. The Labute approximate surface area is 146 Å². The third kappa shape index (κ3) is 14.0. The Kier molecular flexibility index (Phi) is 15.2. The summed E-state index contributed by atoms with van der Waals surface area (Å²) in [7, 11) is 0. The Bertz CT molecular complexity index is 389. The Balaban J connectivity index is -0.000000316. The second kappa shape index (κ2) is 13.9. The highest BCUT2D eigenvalue weighted by Crippen LogP contribution is 1.93. The zero-order chi connectivity index (χ0) is 21.8. The zero-order valence-electron chi connectivity index (χ0n) is 13.8. The summed E-state index contributed by atoms with van der Waals surface area (Å²) < 4.78 is 0. The Morgan fingerprint density at radius 3 is 0.692 bits per heavy atom. The summed E-state index contributed by atoms with van der Waals surface area (Å²) in [5, 5.41) is 65.1. The molecular weight excluding hydrogens is 364 g/mol. The molecule has 0 saturated carbocycles. The first kappa shape index (κ1) is 28.4. The molecule has 0 aromatic rings. The van der Waals surface area contributed by atoms with Crippen LogP contribution in [0, 0.1) is 0 Å². The lowest BCUT2D eigenvalue weighted by atomic mass is 10.2. The first-order chi connectivity index (χ1) is 11.6. The maximum absolute atomic E-state index is 9.77. The van der Waals surface area contributed by atoms with Crippen LogP contribution in [0.15, 0.2) is 0 Å². The molecule has 0 aromatic carbocycles. The lowest BCUT2D eigenvalue weighted by molar-refractivity contribution is -0.165. The molecule has 0 bridgehead atoms. The summed E-state index contributed by atoms with van der Waals surface area (Å²) in [6, 6.07) is 0.259. The summed E-state index contributed by atoms with van der Waals surface area (Å²) >= 11 is 0. The van der Waals surface area contributed by atoms with E-state index in [2.05, 4.69) is 0 Å². The summed E-state index contributed by atoms with van der Waals surface area (Å²) in [4.78, 5) is 39.1. The van der Waals surface area contributed by atoms with Gasteiger partial charge in [0.25, 0.3) is 0 Å². The fourth-order valence-electron chi connectivity index (χ4n) is 0.540. The fraction of sp³-hybridized carbons (Fsp3) is 0.667. The molecule has 12 N–H and O–H groups in total. The standard InChI is InChI=1S/C4H12N2.2C4H6O6/c1-3(5)4(2)6;2*5-1(3(7)8)2(6)4(9)10/h3-4H,5-6H2,1-2H3;2*1-2,5-6H,(H,7,8)(H,9,10). The van der Waals surface area contributed by atoms with Crippen molar-refractivity contribution in [1.82, 2.24) is 0 Å². The van der Waals surface area contributed by atoms with Gasteiger partial charge in [0, 0.05) is 12.1 Å². The van der Waals surface area contributed by atoms with Crippen molar-refractivity contribution < 1.29 is 60.0 Å². The number of hydrogen-bond acceptors (Lipinski definition) is 10. The first-order valence-electron chi connectivity index (χ1n) is 6.72. The SMILES string of the molecule is CC(N)C(C)N.O=C(O)C(O)C(O)C(=O)O.O=C(O)C(O)C(O)C(=O)O. The van der Waals surface area contributed by atoms with E-state index in [4.69, 9.17) is 52.3 Å². The van der Waals surface area contributed by atoms with E-state index in [1.165, 1.54) is 0 Å².